The molecule has 244 valence electrons. The number of amides is 7. The van der Waals surface area contributed by atoms with Crippen molar-refractivity contribution in [3.63, 3.8) is 0 Å². The smallest absolute Gasteiger partial charge is 0.312 e. The van der Waals surface area contributed by atoms with Gasteiger partial charge in [0.2, 0.25) is 17.7 Å². The molecule has 0 spiro atoms. The van der Waals surface area contributed by atoms with Crippen LogP contribution in [-0.4, -0.2) is 71.6 Å². The van der Waals surface area contributed by atoms with Crippen LogP contribution in [-0.2, 0) is 40.1 Å². The number of esters is 1. The van der Waals surface area contributed by atoms with Gasteiger partial charge in [0, 0.05) is 44.3 Å². The van der Waals surface area contributed by atoms with Crippen LogP contribution in [0.15, 0.2) is 36.4 Å². The maximum absolute atomic E-state index is 13.0. The monoisotopic (exact) mass is 618 g/mol. The fraction of sp³-hybridized carbons (Fsp3) is 0.500. The summed E-state index contributed by atoms with van der Waals surface area (Å²) in [6, 6.07) is 3.79. The van der Waals surface area contributed by atoms with Gasteiger partial charge in [0.05, 0.1) is 0 Å². The fourth-order valence-corrected chi connectivity index (χ4v) is 3.43. The molecule has 0 radical (unpaired) electrons. The largest absolute Gasteiger partial charge is 0.461 e. The molecule has 0 saturated heterocycles. The zero-order valence-electron chi connectivity index (χ0n) is 26.4. The van der Waals surface area contributed by atoms with Crippen LogP contribution in [0, 0.1) is 0 Å². The van der Waals surface area contributed by atoms with Gasteiger partial charge >= 0.3 is 12.0 Å². The molecule has 14 heteroatoms. The van der Waals surface area contributed by atoms with Crippen molar-refractivity contribution in [3.05, 3.63) is 42.0 Å². The van der Waals surface area contributed by atoms with Crippen LogP contribution < -0.4 is 27.0 Å². The van der Waals surface area contributed by atoms with Crippen molar-refractivity contribution in [2.75, 3.05) is 18.4 Å². The van der Waals surface area contributed by atoms with Crippen molar-refractivity contribution in [1.29, 1.82) is 0 Å². The number of imide groups is 1. The van der Waals surface area contributed by atoms with Crippen molar-refractivity contribution in [2.24, 2.45) is 5.73 Å². The van der Waals surface area contributed by atoms with E-state index in [4.69, 9.17) is 10.5 Å². The van der Waals surface area contributed by atoms with Crippen molar-refractivity contribution in [1.82, 2.24) is 20.9 Å². The molecule has 1 aliphatic rings. The van der Waals surface area contributed by atoms with Crippen molar-refractivity contribution in [2.45, 2.75) is 85.9 Å². The highest BCUT2D eigenvalue weighted by molar-refractivity contribution is 6.13. The number of nitrogens with two attached hydrogens (primary N) is 1. The molecule has 0 unspecified atom stereocenters. The first-order valence-electron chi connectivity index (χ1n) is 14.6. The van der Waals surface area contributed by atoms with E-state index in [1.54, 1.807) is 24.3 Å². The highest BCUT2D eigenvalue weighted by atomic mass is 16.5. The maximum Gasteiger partial charge on any atom is 0.312 e. The highest BCUT2D eigenvalue weighted by Gasteiger charge is 2.26. The van der Waals surface area contributed by atoms with Crippen LogP contribution in [0.3, 0.4) is 0 Å². The Bertz CT molecular complexity index is 1130. The van der Waals surface area contributed by atoms with E-state index in [1.165, 1.54) is 20.3 Å². The van der Waals surface area contributed by atoms with Crippen molar-refractivity contribution >= 4 is 47.2 Å². The molecule has 6 N–H and O–H groups in total. The van der Waals surface area contributed by atoms with Gasteiger partial charge in [0.1, 0.15) is 18.7 Å². The van der Waals surface area contributed by atoms with Crippen LogP contribution in [0.5, 0.6) is 0 Å². The first-order chi connectivity index (χ1) is 20.9. The third kappa shape index (κ3) is 16.0. The summed E-state index contributed by atoms with van der Waals surface area (Å²) in [6.45, 7) is 11.1. The number of hydrogen-bond acceptors (Lipinski definition) is 8. The molecule has 1 aromatic carbocycles. The zero-order chi connectivity index (χ0) is 33.7. The minimum Gasteiger partial charge on any atom is -0.461 e. The third-order valence-electron chi connectivity index (χ3n) is 5.50. The SMILES string of the molecule is CC.CC(=O)OCc1ccc(NC(=O)[C@H](CCCNC(N)=O)NC(=O)[C@H](C)NC(=O)CCN2C(=O)C=CC2=O)cc1.CCC. The minimum absolute atomic E-state index is 0.0836. The maximum atomic E-state index is 13.0. The first kappa shape index (κ1) is 39.2. The van der Waals surface area contributed by atoms with Gasteiger partial charge in [-0.15, -0.1) is 0 Å². The second kappa shape index (κ2) is 21.9. The molecule has 0 aliphatic carbocycles. The Morgan fingerprint density at radius 3 is 2.02 bits per heavy atom. The zero-order valence-corrected chi connectivity index (χ0v) is 26.4. The van der Waals surface area contributed by atoms with E-state index in [-0.39, 0.29) is 32.5 Å². The summed E-state index contributed by atoms with van der Waals surface area (Å²) in [7, 11) is 0. The van der Waals surface area contributed by atoms with Crippen molar-refractivity contribution in [3.8, 4) is 0 Å². The summed E-state index contributed by atoms with van der Waals surface area (Å²) in [5.41, 5.74) is 6.20. The van der Waals surface area contributed by atoms with E-state index in [0.717, 1.165) is 17.1 Å². The normalized spacial score (nSPS) is 12.8. The van der Waals surface area contributed by atoms with Gasteiger partial charge in [-0.3, -0.25) is 33.7 Å². The Kier molecular flexibility index (Phi) is 19.5. The number of primary amides is 1. The molecule has 0 saturated carbocycles. The fourth-order valence-electron chi connectivity index (χ4n) is 3.43. The van der Waals surface area contributed by atoms with Crippen LogP contribution in [0.1, 0.15) is 72.8 Å². The molecule has 2 rings (SSSR count). The Hall–Kier alpha value is -4.75. The number of nitrogens with one attached hydrogen (secondary N) is 4. The van der Waals surface area contributed by atoms with Gasteiger partial charge in [0.15, 0.2) is 0 Å². The van der Waals surface area contributed by atoms with E-state index in [2.05, 4.69) is 35.1 Å². The molecule has 1 aromatic rings. The summed E-state index contributed by atoms with van der Waals surface area (Å²) in [6.07, 6.45) is 3.73. The molecule has 44 heavy (non-hydrogen) atoms. The summed E-state index contributed by atoms with van der Waals surface area (Å²) < 4.78 is 4.93. The molecule has 14 nitrogen and oxygen atoms in total. The first-order valence-corrected chi connectivity index (χ1v) is 14.6. The van der Waals surface area contributed by atoms with Crippen LogP contribution >= 0.6 is 0 Å². The van der Waals surface area contributed by atoms with Gasteiger partial charge in [-0.2, -0.15) is 0 Å². The summed E-state index contributed by atoms with van der Waals surface area (Å²) in [5, 5.41) is 10.2. The topological polar surface area (TPSA) is 206 Å². The molecular weight excluding hydrogens is 572 g/mol. The average Bonchev–Trinajstić information content (AvgIpc) is 3.30. The second-order valence-corrected chi connectivity index (χ2v) is 9.37. The number of benzene rings is 1. The lowest BCUT2D eigenvalue weighted by Gasteiger charge is -2.22. The van der Waals surface area contributed by atoms with E-state index < -0.39 is 53.6 Å². The Morgan fingerprint density at radius 1 is 0.932 bits per heavy atom. The molecule has 1 aliphatic heterocycles. The highest BCUT2D eigenvalue weighted by Crippen LogP contribution is 2.12. The molecule has 1 heterocycles. The summed E-state index contributed by atoms with van der Waals surface area (Å²) in [5.74, 6) is -3.19. The Labute approximate surface area is 258 Å². The lowest BCUT2D eigenvalue weighted by Crippen LogP contribution is -2.52. The molecule has 7 amide bonds. The number of nitrogens with zero attached hydrogens (tertiary/aromatic N) is 1. The van der Waals surface area contributed by atoms with Gasteiger partial charge in [-0.05, 0) is 37.5 Å². The predicted molar refractivity (Wildman–Crippen MR) is 165 cm³/mol. The number of ether oxygens (including phenoxy) is 1. The predicted octanol–water partition coefficient (Wildman–Crippen LogP) is 1.88. The van der Waals surface area contributed by atoms with Gasteiger partial charge in [0.25, 0.3) is 11.8 Å². The van der Waals surface area contributed by atoms with Gasteiger partial charge in [-0.25, -0.2) is 4.79 Å². The summed E-state index contributed by atoms with van der Waals surface area (Å²) >= 11 is 0. The molecule has 2 atom stereocenters. The number of rotatable bonds is 14. The number of carbonyl (C=O) groups excluding carboxylic acids is 7. The van der Waals surface area contributed by atoms with E-state index >= 15 is 0 Å². The number of carbonyl (C=O) groups is 7. The van der Waals surface area contributed by atoms with E-state index in [0.29, 0.717) is 17.7 Å². The third-order valence-corrected chi connectivity index (χ3v) is 5.50. The van der Waals surface area contributed by atoms with Gasteiger partial charge < -0.3 is 31.7 Å². The summed E-state index contributed by atoms with van der Waals surface area (Å²) in [4.78, 5) is 84.0. The van der Waals surface area contributed by atoms with Crippen LogP contribution in [0.4, 0.5) is 10.5 Å². The van der Waals surface area contributed by atoms with Gasteiger partial charge in [-0.1, -0.05) is 46.2 Å². The Morgan fingerprint density at radius 2 is 1.50 bits per heavy atom. The second-order valence-electron chi connectivity index (χ2n) is 9.37. The van der Waals surface area contributed by atoms with Crippen LogP contribution in [0.25, 0.3) is 0 Å². The minimum atomic E-state index is -1.03. The lowest BCUT2D eigenvalue weighted by molar-refractivity contribution is -0.142. The van der Waals surface area contributed by atoms with Crippen LogP contribution in [0.2, 0.25) is 0 Å². The quantitative estimate of drug-likeness (QED) is 0.118. The van der Waals surface area contributed by atoms with E-state index in [1.807, 2.05) is 13.8 Å². The lowest BCUT2D eigenvalue weighted by atomic mass is 10.1. The average molecular weight is 619 g/mol. The van der Waals surface area contributed by atoms with Crippen molar-refractivity contribution < 1.29 is 38.3 Å². The molecule has 0 aromatic heterocycles. The standard InChI is InChI=1S/C25H32N6O8.C3H8.C2H6/c1-15(28-20(33)11-13-31-21(34)9-10-22(31)35)23(36)30-19(4-3-12-27-25(26)38)24(37)29-18-7-5-17(6-8-18)14-39-16(2)32;1-3-2;1-2/h5-10,15,19H,3-4,11-14H2,1-2H3,(H,28,33)(H,29,37)(H,30,36)(H3,26,27,38);3H2,1-2H3;1-2H3/t15-,19-;;/m0../s1. The number of anilines is 1. The molecular formula is C30H46N6O8. The number of hydrogen-bond donors (Lipinski definition) is 5. The molecule has 0 fully saturated rings. The molecule has 0 bridgehead atoms. The van der Waals surface area contributed by atoms with E-state index in [9.17, 15) is 33.6 Å². The number of urea groups is 1. The Balaban J connectivity index is 0.00000347.